The number of benzene rings is 1. The molecule has 1 aromatic carbocycles. The Hall–Kier alpha value is -2.36. The predicted molar refractivity (Wildman–Crippen MR) is 65.4 cm³/mol. The average molecular weight is 226 g/mol. The van der Waals surface area contributed by atoms with E-state index in [1.54, 1.807) is 18.4 Å². The molecule has 0 fully saturated rings. The number of aromatic amines is 1. The molecular formula is C13H10N2O2. The first-order chi connectivity index (χ1) is 8.34. The molecule has 0 amide bonds. The van der Waals surface area contributed by atoms with E-state index in [0.717, 1.165) is 5.57 Å². The summed E-state index contributed by atoms with van der Waals surface area (Å²) in [7, 11) is 0. The zero-order valence-corrected chi connectivity index (χ0v) is 9.01. The van der Waals surface area contributed by atoms with Crippen molar-refractivity contribution in [3.63, 3.8) is 0 Å². The van der Waals surface area contributed by atoms with Crippen LogP contribution in [0.3, 0.4) is 0 Å². The number of H-pyrrole nitrogens is 1. The van der Waals surface area contributed by atoms with E-state index in [1.165, 1.54) is 0 Å². The van der Waals surface area contributed by atoms with Crippen molar-refractivity contribution >= 4 is 16.5 Å². The van der Waals surface area contributed by atoms with Crippen molar-refractivity contribution in [3.8, 4) is 0 Å². The van der Waals surface area contributed by atoms with Crippen molar-refractivity contribution in [2.45, 2.75) is 0 Å². The molecule has 0 spiro atoms. The number of allylic oxidation sites excluding steroid dienone is 2. The topological polar surface area (TPSA) is 55.0 Å². The van der Waals surface area contributed by atoms with E-state index in [0.29, 0.717) is 23.3 Å². The standard InChI is InChI=1S/C13H10N2O2/c16-13-10-3-1-2-4-11(10)14-12(15-13)9-5-7-17-8-6-9/h1-7H,8H2,(H,14,15,16). The van der Waals surface area contributed by atoms with Gasteiger partial charge in [0.1, 0.15) is 12.4 Å². The smallest absolute Gasteiger partial charge is 0.259 e. The van der Waals surface area contributed by atoms with Gasteiger partial charge in [0.05, 0.1) is 17.2 Å². The van der Waals surface area contributed by atoms with Crippen LogP contribution >= 0.6 is 0 Å². The highest BCUT2D eigenvalue weighted by molar-refractivity contribution is 5.80. The number of ether oxygens (including phenoxy) is 1. The number of hydrogen-bond acceptors (Lipinski definition) is 3. The van der Waals surface area contributed by atoms with Gasteiger partial charge in [0.2, 0.25) is 0 Å². The summed E-state index contributed by atoms with van der Waals surface area (Å²) in [4.78, 5) is 19.1. The first-order valence-corrected chi connectivity index (χ1v) is 5.32. The lowest BCUT2D eigenvalue weighted by molar-refractivity contribution is 0.287. The van der Waals surface area contributed by atoms with Crippen molar-refractivity contribution in [2.24, 2.45) is 0 Å². The molecule has 1 aromatic heterocycles. The van der Waals surface area contributed by atoms with Gasteiger partial charge in [-0.3, -0.25) is 4.79 Å². The number of rotatable bonds is 1. The Labute approximate surface area is 97.3 Å². The Bertz CT molecular complexity index is 683. The van der Waals surface area contributed by atoms with E-state index in [1.807, 2.05) is 24.3 Å². The van der Waals surface area contributed by atoms with Crippen LogP contribution in [0, 0.1) is 0 Å². The van der Waals surface area contributed by atoms with Gasteiger partial charge in [0.25, 0.3) is 5.56 Å². The van der Waals surface area contributed by atoms with Crippen LogP contribution in [0.15, 0.2) is 47.5 Å². The SMILES string of the molecule is O=c1[nH]c(C2=CCOC=C2)nc2ccccc12. The maximum absolute atomic E-state index is 11.9. The van der Waals surface area contributed by atoms with Gasteiger partial charge in [0.15, 0.2) is 0 Å². The van der Waals surface area contributed by atoms with Crippen molar-refractivity contribution in [2.75, 3.05) is 6.61 Å². The molecule has 0 radical (unpaired) electrons. The van der Waals surface area contributed by atoms with Gasteiger partial charge in [-0.05, 0) is 24.3 Å². The third-order valence-electron chi connectivity index (χ3n) is 2.63. The molecule has 0 saturated heterocycles. The summed E-state index contributed by atoms with van der Waals surface area (Å²) in [6.45, 7) is 0.502. The summed E-state index contributed by atoms with van der Waals surface area (Å²) >= 11 is 0. The number of fused-ring (bicyclic) bond motifs is 1. The Morgan fingerprint density at radius 3 is 3.00 bits per heavy atom. The second-order valence-corrected chi connectivity index (χ2v) is 3.73. The average Bonchev–Trinajstić information content (AvgIpc) is 2.40. The molecular weight excluding hydrogens is 216 g/mol. The minimum atomic E-state index is -0.119. The second kappa shape index (κ2) is 3.90. The highest BCUT2D eigenvalue weighted by Crippen LogP contribution is 2.15. The molecule has 1 N–H and O–H groups in total. The second-order valence-electron chi connectivity index (χ2n) is 3.73. The minimum Gasteiger partial charge on any atom is -0.497 e. The van der Waals surface area contributed by atoms with Gasteiger partial charge < -0.3 is 9.72 Å². The minimum absolute atomic E-state index is 0.119. The summed E-state index contributed by atoms with van der Waals surface area (Å²) in [6, 6.07) is 7.29. The number of hydrogen-bond donors (Lipinski definition) is 1. The molecule has 2 aromatic rings. The van der Waals surface area contributed by atoms with E-state index in [2.05, 4.69) is 9.97 Å². The molecule has 2 heterocycles. The molecule has 0 unspecified atom stereocenters. The van der Waals surface area contributed by atoms with Crippen molar-refractivity contribution in [1.29, 1.82) is 0 Å². The number of para-hydroxylation sites is 1. The van der Waals surface area contributed by atoms with Crippen LogP contribution < -0.4 is 5.56 Å². The van der Waals surface area contributed by atoms with Crippen LogP contribution in [0.25, 0.3) is 16.5 Å². The number of nitrogens with zero attached hydrogens (tertiary/aromatic N) is 1. The van der Waals surface area contributed by atoms with Crippen molar-refractivity contribution in [3.05, 3.63) is 58.9 Å². The fourth-order valence-electron chi connectivity index (χ4n) is 1.78. The lowest BCUT2D eigenvalue weighted by atomic mass is 10.2. The van der Waals surface area contributed by atoms with Gasteiger partial charge in [-0.15, -0.1) is 0 Å². The van der Waals surface area contributed by atoms with Gasteiger partial charge >= 0.3 is 0 Å². The lowest BCUT2D eigenvalue weighted by Crippen LogP contribution is -2.11. The fourth-order valence-corrected chi connectivity index (χ4v) is 1.78. The van der Waals surface area contributed by atoms with E-state index >= 15 is 0 Å². The van der Waals surface area contributed by atoms with Crippen LogP contribution in [0.5, 0.6) is 0 Å². The molecule has 0 atom stereocenters. The highest BCUT2D eigenvalue weighted by Gasteiger charge is 2.07. The molecule has 0 bridgehead atoms. The molecule has 3 rings (SSSR count). The summed E-state index contributed by atoms with van der Waals surface area (Å²) in [6.07, 6.45) is 5.27. The zero-order chi connectivity index (χ0) is 11.7. The van der Waals surface area contributed by atoms with Gasteiger partial charge in [-0.2, -0.15) is 0 Å². The molecule has 1 aliphatic rings. The molecule has 17 heavy (non-hydrogen) atoms. The summed E-state index contributed by atoms with van der Waals surface area (Å²) in [5.74, 6) is 0.577. The first kappa shape index (κ1) is 9.84. The van der Waals surface area contributed by atoms with Gasteiger partial charge in [-0.25, -0.2) is 4.98 Å². The molecule has 84 valence electrons. The van der Waals surface area contributed by atoms with E-state index in [-0.39, 0.29) is 5.56 Å². The summed E-state index contributed by atoms with van der Waals surface area (Å²) in [5, 5.41) is 0.605. The molecule has 1 aliphatic heterocycles. The van der Waals surface area contributed by atoms with E-state index in [9.17, 15) is 4.79 Å². The van der Waals surface area contributed by atoms with Crippen LogP contribution in [-0.2, 0) is 4.74 Å². The van der Waals surface area contributed by atoms with E-state index < -0.39 is 0 Å². The third-order valence-corrected chi connectivity index (χ3v) is 2.63. The van der Waals surface area contributed by atoms with Crippen LogP contribution in [0.4, 0.5) is 0 Å². The van der Waals surface area contributed by atoms with Crippen molar-refractivity contribution in [1.82, 2.24) is 9.97 Å². The summed E-state index contributed by atoms with van der Waals surface area (Å²) < 4.78 is 5.06. The monoisotopic (exact) mass is 226 g/mol. The normalized spacial score (nSPS) is 14.5. The van der Waals surface area contributed by atoms with Gasteiger partial charge in [-0.1, -0.05) is 12.1 Å². The molecule has 4 nitrogen and oxygen atoms in total. The van der Waals surface area contributed by atoms with Crippen LogP contribution in [-0.4, -0.2) is 16.6 Å². The molecule has 0 aliphatic carbocycles. The molecule has 0 saturated carbocycles. The van der Waals surface area contributed by atoms with Crippen LogP contribution in [0.1, 0.15) is 5.82 Å². The Balaban J connectivity index is 2.22. The van der Waals surface area contributed by atoms with Crippen molar-refractivity contribution < 1.29 is 4.74 Å². The van der Waals surface area contributed by atoms with Crippen LogP contribution in [0.2, 0.25) is 0 Å². The van der Waals surface area contributed by atoms with E-state index in [4.69, 9.17) is 4.74 Å². The number of aromatic nitrogens is 2. The Kier molecular flexibility index (Phi) is 2.26. The zero-order valence-electron chi connectivity index (χ0n) is 9.01. The quantitative estimate of drug-likeness (QED) is 0.807. The van der Waals surface area contributed by atoms with Gasteiger partial charge in [0, 0.05) is 5.57 Å². The molecule has 4 heteroatoms. The maximum Gasteiger partial charge on any atom is 0.259 e. The highest BCUT2D eigenvalue weighted by atomic mass is 16.5. The predicted octanol–water partition coefficient (Wildman–Crippen LogP) is 1.85. The number of nitrogens with one attached hydrogen (secondary N) is 1. The first-order valence-electron chi connectivity index (χ1n) is 5.32. The largest absolute Gasteiger partial charge is 0.497 e. The Morgan fingerprint density at radius 1 is 1.29 bits per heavy atom. The lowest BCUT2D eigenvalue weighted by Gasteiger charge is -2.07. The maximum atomic E-state index is 11.9. The fraction of sp³-hybridized carbons (Fsp3) is 0.0769. The Morgan fingerprint density at radius 2 is 2.18 bits per heavy atom. The third kappa shape index (κ3) is 1.73. The summed E-state index contributed by atoms with van der Waals surface area (Å²) in [5.41, 5.74) is 1.46.